The summed E-state index contributed by atoms with van der Waals surface area (Å²) in [5.41, 5.74) is 0. The van der Waals surface area contributed by atoms with Gasteiger partial charge in [-0.1, -0.05) is 13.3 Å². The fourth-order valence-corrected chi connectivity index (χ4v) is 1.38. The Morgan fingerprint density at radius 3 is 3.00 bits per heavy atom. The van der Waals surface area contributed by atoms with E-state index >= 15 is 0 Å². The van der Waals surface area contributed by atoms with Crippen molar-refractivity contribution in [2.24, 2.45) is 0 Å². The van der Waals surface area contributed by atoms with Crippen molar-refractivity contribution in [1.82, 2.24) is 0 Å². The SMILES string of the molecule is CCC[C@H]1OCCC[C@@H]1O. The molecule has 0 spiro atoms. The van der Waals surface area contributed by atoms with Crippen molar-refractivity contribution in [1.29, 1.82) is 0 Å². The molecule has 1 heterocycles. The molecule has 0 aromatic carbocycles. The molecule has 1 N–H and O–H groups in total. The van der Waals surface area contributed by atoms with E-state index in [-0.39, 0.29) is 12.2 Å². The van der Waals surface area contributed by atoms with Crippen LogP contribution in [0.15, 0.2) is 0 Å². The zero-order chi connectivity index (χ0) is 7.40. The van der Waals surface area contributed by atoms with Gasteiger partial charge in [0.05, 0.1) is 12.2 Å². The summed E-state index contributed by atoms with van der Waals surface area (Å²) in [6.45, 7) is 2.95. The largest absolute Gasteiger partial charge is 0.390 e. The van der Waals surface area contributed by atoms with Crippen LogP contribution in [0.5, 0.6) is 0 Å². The predicted molar refractivity (Wildman–Crippen MR) is 39.9 cm³/mol. The molecule has 0 aliphatic carbocycles. The molecule has 0 aromatic heterocycles. The third-order valence-electron chi connectivity index (χ3n) is 1.98. The molecule has 1 aliphatic rings. The Bertz CT molecular complexity index is 91.3. The average molecular weight is 144 g/mol. The zero-order valence-corrected chi connectivity index (χ0v) is 6.55. The first-order valence-electron chi connectivity index (χ1n) is 4.14. The van der Waals surface area contributed by atoms with Crippen LogP contribution < -0.4 is 0 Å². The molecule has 0 unspecified atom stereocenters. The highest BCUT2D eigenvalue weighted by molar-refractivity contribution is 4.72. The summed E-state index contributed by atoms with van der Waals surface area (Å²) in [7, 11) is 0. The van der Waals surface area contributed by atoms with Crippen LogP contribution in [0.4, 0.5) is 0 Å². The van der Waals surface area contributed by atoms with Crippen molar-refractivity contribution in [2.45, 2.75) is 44.8 Å². The van der Waals surface area contributed by atoms with E-state index in [4.69, 9.17) is 4.74 Å². The third kappa shape index (κ3) is 1.96. The molecule has 10 heavy (non-hydrogen) atoms. The van der Waals surface area contributed by atoms with E-state index in [1.54, 1.807) is 0 Å². The fourth-order valence-electron chi connectivity index (χ4n) is 1.38. The van der Waals surface area contributed by atoms with Crippen LogP contribution in [-0.4, -0.2) is 23.9 Å². The van der Waals surface area contributed by atoms with Crippen molar-refractivity contribution in [3.8, 4) is 0 Å². The lowest BCUT2D eigenvalue weighted by molar-refractivity contribution is -0.0769. The molecule has 0 aromatic rings. The van der Waals surface area contributed by atoms with Gasteiger partial charge in [0.2, 0.25) is 0 Å². The van der Waals surface area contributed by atoms with Gasteiger partial charge in [0.15, 0.2) is 0 Å². The molecule has 1 fully saturated rings. The van der Waals surface area contributed by atoms with Crippen LogP contribution in [0.1, 0.15) is 32.6 Å². The molecule has 2 atom stereocenters. The van der Waals surface area contributed by atoms with Gasteiger partial charge >= 0.3 is 0 Å². The van der Waals surface area contributed by atoms with Crippen molar-refractivity contribution in [3.05, 3.63) is 0 Å². The molecule has 2 nitrogen and oxygen atoms in total. The van der Waals surface area contributed by atoms with Crippen LogP contribution in [0.2, 0.25) is 0 Å². The van der Waals surface area contributed by atoms with E-state index in [1.165, 1.54) is 0 Å². The fraction of sp³-hybridized carbons (Fsp3) is 1.00. The molecule has 0 radical (unpaired) electrons. The molecule has 2 heteroatoms. The smallest absolute Gasteiger partial charge is 0.0833 e. The summed E-state index contributed by atoms with van der Waals surface area (Å²) in [6, 6.07) is 0. The minimum absolute atomic E-state index is 0.124. The molecule has 0 saturated carbocycles. The van der Waals surface area contributed by atoms with Gasteiger partial charge in [-0.05, 0) is 19.3 Å². The molecule has 1 saturated heterocycles. The van der Waals surface area contributed by atoms with Gasteiger partial charge in [-0.2, -0.15) is 0 Å². The van der Waals surface area contributed by atoms with Gasteiger partial charge in [-0.25, -0.2) is 0 Å². The van der Waals surface area contributed by atoms with Gasteiger partial charge in [-0.15, -0.1) is 0 Å². The Hall–Kier alpha value is -0.0800. The van der Waals surface area contributed by atoms with Crippen LogP contribution in [-0.2, 0) is 4.74 Å². The quantitative estimate of drug-likeness (QED) is 0.633. The second-order valence-corrected chi connectivity index (χ2v) is 2.91. The number of ether oxygens (including phenoxy) is 1. The van der Waals surface area contributed by atoms with Gasteiger partial charge in [0.1, 0.15) is 0 Å². The van der Waals surface area contributed by atoms with Gasteiger partial charge < -0.3 is 9.84 Å². The van der Waals surface area contributed by atoms with Gasteiger partial charge in [0.25, 0.3) is 0 Å². The van der Waals surface area contributed by atoms with Crippen molar-refractivity contribution < 1.29 is 9.84 Å². The first-order valence-corrected chi connectivity index (χ1v) is 4.14. The third-order valence-corrected chi connectivity index (χ3v) is 1.98. The molecule has 0 amide bonds. The highest BCUT2D eigenvalue weighted by atomic mass is 16.5. The lowest BCUT2D eigenvalue weighted by atomic mass is 10.0. The van der Waals surface area contributed by atoms with Gasteiger partial charge in [0, 0.05) is 6.61 Å². The van der Waals surface area contributed by atoms with Crippen LogP contribution in [0.25, 0.3) is 0 Å². The van der Waals surface area contributed by atoms with Crippen molar-refractivity contribution in [3.63, 3.8) is 0 Å². The summed E-state index contributed by atoms with van der Waals surface area (Å²) < 4.78 is 5.38. The molecule has 1 aliphatic heterocycles. The Balaban J connectivity index is 2.25. The lowest BCUT2D eigenvalue weighted by Gasteiger charge is -2.27. The maximum absolute atomic E-state index is 9.38. The van der Waals surface area contributed by atoms with E-state index in [0.29, 0.717) is 0 Å². The van der Waals surface area contributed by atoms with E-state index < -0.39 is 0 Å². The molecule has 60 valence electrons. The molecule has 0 bridgehead atoms. The second-order valence-electron chi connectivity index (χ2n) is 2.91. The summed E-state index contributed by atoms with van der Waals surface area (Å²) in [5, 5.41) is 9.38. The summed E-state index contributed by atoms with van der Waals surface area (Å²) >= 11 is 0. The number of aliphatic hydroxyl groups excluding tert-OH is 1. The summed E-state index contributed by atoms with van der Waals surface area (Å²) in [5.74, 6) is 0. The first kappa shape index (κ1) is 8.02. The van der Waals surface area contributed by atoms with Crippen molar-refractivity contribution >= 4 is 0 Å². The van der Waals surface area contributed by atoms with Gasteiger partial charge in [-0.3, -0.25) is 0 Å². The van der Waals surface area contributed by atoms with E-state index in [9.17, 15) is 5.11 Å². The number of hydrogen-bond acceptors (Lipinski definition) is 2. The monoisotopic (exact) mass is 144 g/mol. The maximum Gasteiger partial charge on any atom is 0.0833 e. The minimum Gasteiger partial charge on any atom is -0.390 e. The lowest BCUT2D eigenvalue weighted by Crippen LogP contribution is -2.33. The summed E-state index contributed by atoms with van der Waals surface area (Å²) in [6.07, 6.45) is 3.96. The van der Waals surface area contributed by atoms with E-state index in [0.717, 1.165) is 32.3 Å². The molecular formula is C8H16O2. The normalized spacial score (nSPS) is 34.2. The van der Waals surface area contributed by atoms with Crippen LogP contribution in [0.3, 0.4) is 0 Å². The van der Waals surface area contributed by atoms with E-state index in [1.807, 2.05) is 0 Å². The number of rotatable bonds is 2. The number of hydrogen-bond donors (Lipinski definition) is 1. The first-order chi connectivity index (χ1) is 4.84. The van der Waals surface area contributed by atoms with E-state index in [2.05, 4.69) is 6.92 Å². The average Bonchev–Trinajstić information content (AvgIpc) is 1.94. The van der Waals surface area contributed by atoms with Crippen molar-refractivity contribution in [2.75, 3.05) is 6.61 Å². The number of aliphatic hydroxyl groups is 1. The molecular weight excluding hydrogens is 128 g/mol. The predicted octanol–water partition coefficient (Wildman–Crippen LogP) is 1.33. The highest BCUT2D eigenvalue weighted by Crippen LogP contribution is 2.17. The Morgan fingerprint density at radius 2 is 2.40 bits per heavy atom. The Kier molecular flexibility index (Phi) is 3.16. The van der Waals surface area contributed by atoms with Crippen LogP contribution >= 0.6 is 0 Å². The second kappa shape index (κ2) is 3.94. The minimum atomic E-state index is -0.200. The maximum atomic E-state index is 9.38. The topological polar surface area (TPSA) is 29.5 Å². The Morgan fingerprint density at radius 1 is 1.60 bits per heavy atom. The Labute approximate surface area is 62.2 Å². The highest BCUT2D eigenvalue weighted by Gasteiger charge is 2.22. The molecule has 1 rings (SSSR count). The van der Waals surface area contributed by atoms with Crippen LogP contribution in [0, 0.1) is 0 Å². The standard InChI is InChI=1S/C8H16O2/c1-2-4-8-7(9)5-3-6-10-8/h7-9H,2-6H2,1H3/t7-,8+/m0/s1. The zero-order valence-electron chi connectivity index (χ0n) is 6.55. The summed E-state index contributed by atoms with van der Waals surface area (Å²) in [4.78, 5) is 0.